The van der Waals surface area contributed by atoms with E-state index in [1.165, 1.54) is 42.1 Å². The largest absolute Gasteiger partial charge is 0.486 e. The maximum atomic E-state index is 12.6. The zero-order chi connectivity index (χ0) is 19.1. The number of rotatable bonds is 6. The minimum Gasteiger partial charge on any atom is -0.486 e. The van der Waals surface area contributed by atoms with Crippen LogP contribution in [-0.4, -0.2) is 12.5 Å². The van der Waals surface area contributed by atoms with E-state index in [0.717, 1.165) is 30.0 Å². The molecular formula is C23H26INO3. The quantitative estimate of drug-likeness (QED) is 0.550. The molecule has 6 rings (SSSR count). The molecule has 0 radical (unpaired) electrons. The van der Waals surface area contributed by atoms with E-state index in [2.05, 4.69) is 27.9 Å². The van der Waals surface area contributed by atoms with Gasteiger partial charge < -0.3 is 14.5 Å². The first-order chi connectivity index (χ1) is 13.6. The Kier molecular flexibility index (Phi) is 4.89. The Morgan fingerprint density at radius 2 is 1.68 bits per heavy atom. The summed E-state index contributed by atoms with van der Waals surface area (Å²) < 4.78 is 12.6. The van der Waals surface area contributed by atoms with Crippen molar-refractivity contribution >= 4 is 28.5 Å². The summed E-state index contributed by atoms with van der Waals surface area (Å²) in [6, 6.07) is 11.4. The van der Waals surface area contributed by atoms with Crippen LogP contribution in [0.15, 0.2) is 40.8 Å². The third-order valence-electron chi connectivity index (χ3n) is 6.87. The Morgan fingerprint density at radius 3 is 2.32 bits per heavy atom. The van der Waals surface area contributed by atoms with Gasteiger partial charge in [0.25, 0.3) is 5.91 Å². The summed E-state index contributed by atoms with van der Waals surface area (Å²) in [6.45, 7) is 1.12. The number of benzene rings is 1. The molecule has 2 aromatic rings. The summed E-state index contributed by atoms with van der Waals surface area (Å²) in [5, 5.41) is 3.17. The summed E-state index contributed by atoms with van der Waals surface area (Å²) in [4.78, 5) is 12.6. The maximum absolute atomic E-state index is 12.6. The van der Waals surface area contributed by atoms with E-state index in [1.54, 1.807) is 6.07 Å². The van der Waals surface area contributed by atoms with E-state index in [9.17, 15) is 4.79 Å². The van der Waals surface area contributed by atoms with Crippen LogP contribution in [0.3, 0.4) is 0 Å². The topological polar surface area (TPSA) is 51.5 Å². The second kappa shape index (κ2) is 7.39. The number of amides is 1. The fraction of sp³-hybridized carbons (Fsp3) is 0.522. The SMILES string of the molecule is O=C(NCC12CC3CC(CC(C3)C1)C2)c1ccc(COc2ccc(I)cc2)o1. The third kappa shape index (κ3) is 3.82. The molecule has 4 bridgehead atoms. The Hall–Kier alpha value is -1.50. The van der Waals surface area contributed by atoms with Crippen LogP contribution in [0, 0.1) is 26.7 Å². The lowest BCUT2D eigenvalue weighted by molar-refractivity contribution is -0.0504. The summed E-state index contributed by atoms with van der Waals surface area (Å²) in [7, 11) is 0. The standard InChI is InChI=1S/C23H26INO3/c24-18-1-3-19(4-2-18)27-13-20-5-6-21(28-20)22(26)25-14-23-10-15-7-16(11-23)9-17(8-15)12-23/h1-6,15-17H,7-14H2,(H,25,26). The van der Waals surface area contributed by atoms with Crippen LogP contribution < -0.4 is 10.1 Å². The number of furan rings is 1. The van der Waals surface area contributed by atoms with E-state index in [0.29, 0.717) is 23.5 Å². The van der Waals surface area contributed by atoms with E-state index < -0.39 is 0 Å². The predicted molar refractivity (Wildman–Crippen MR) is 115 cm³/mol. The van der Waals surface area contributed by atoms with E-state index in [-0.39, 0.29) is 5.91 Å². The number of carbonyl (C=O) groups excluding carboxylic acids is 1. The predicted octanol–water partition coefficient (Wildman–Crippen LogP) is 5.41. The van der Waals surface area contributed by atoms with Crippen LogP contribution in [0.2, 0.25) is 0 Å². The highest BCUT2D eigenvalue weighted by Gasteiger charge is 2.50. The molecule has 0 spiro atoms. The molecular weight excluding hydrogens is 465 g/mol. The molecule has 148 valence electrons. The molecule has 1 N–H and O–H groups in total. The summed E-state index contributed by atoms with van der Waals surface area (Å²) in [6.07, 6.45) is 8.17. The minimum atomic E-state index is -0.101. The zero-order valence-corrected chi connectivity index (χ0v) is 18.1. The molecule has 1 aromatic carbocycles. The molecule has 1 aromatic heterocycles. The van der Waals surface area contributed by atoms with Crippen LogP contribution in [0.5, 0.6) is 5.75 Å². The molecule has 4 aliphatic carbocycles. The molecule has 5 heteroatoms. The number of hydrogen-bond donors (Lipinski definition) is 1. The number of ether oxygens (including phenoxy) is 1. The van der Waals surface area contributed by atoms with Gasteiger partial charge in [-0.3, -0.25) is 4.79 Å². The minimum absolute atomic E-state index is 0.101. The van der Waals surface area contributed by atoms with Crippen molar-refractivity contribution in [1.82, 2.24) is 5.32 Å². The molecule has 0 aliphatic heterocycles. The lowest BCUT2D eigenvalue weighted by Crippen LogP contribution is -2.51. The molecule has 28 heavy (non-hydrogen) atoms. The van der Waals surface area contributed by atoms with E-state index >= 15 is 0 Å². The van der Waals surface area contributed by atoms with Gasteiger partial charge in [-0.1, -0.05) is 0 Å². The van der Waals surface area contributed by atoms with Gasteiger partial charge in [0.2, 0.25) is 0 Å². The zero-order valence-electron chi connectivity index (χ0n) is 16.0. The molecule has 0 atom stereocenters. The Labute approximate surface area is 179 Å². The maximum Gasteiger partial charge on any atom is 0.287 e. The van der Waals surface area contributed by atoms with Gasteiger partial charge >= 0.3 is 0 Å². The first-order valence-electron chi connectivity index (χ1n) is 10.3. The van der Waals surface area contributed by atoms with Crippen LogP contribution in [0.25, 0.3) is 0 Å². The second-order valence-corrected chi connectivity index (χ2v) is 10.4. The summed E-state index contributed by atoms with van der Waals surface area (Å²) in [5.41, 5.74) is 0.341. The average Bonchev–Trinajstić information content (AvgIpc) is 3.14. The first-order valence-corrected chi connectivity index (χ1v) is 11.4. The van der Waals surface area contributed by atoms with Gasteiger partial charge in [-0.15, -0.1) is 0 Å². The fourth-order valence-corrected chi connectivity index (χ4v) is 6.48. The monoisotopic (exact) mass is 491 g/mol. The highest BCUT2D eigenvalue weighted by Crippen LogP contribution is 2.59. The molecule has 4 saturated carbocycles. The molecule has 0 unspecified atom stereocenters. The molecule has 1 heterocycles. The van der Waals surface area contributed by atoms with Gasteiger partial charge in [0, 0.05) is 10.1 Å². The Morgan fingerprint density at radius 1 is 1.04 bits per heavy atom. The molecule has 1 amide bonds. The van der Waals surface area contributed by atoms with Crippen molar-refractivity contribution in [2.75, 3.05) is 6.54 Å². The van der Waals surface area contributed by atoms with Crippen molar-refractivity contribution in [3.63, 3.8) is 0 Å². The average molecular weight is 491 g/mol. The van der Waals surface area contributed by atoms with Gasteiger partial charge in [-0.25, -0.2) is 0 Å². The van der Waals surface area contributed by atoms with Crippen molar-refractivity contribution in [3.05, 3.63) is 51.5 Å². The van der Waals surface area contributed by atoms with Crippen molar-refractivity contribution in [2.45, 2.75) is 45.1 Å². The number of carbonyl (C=O) groups is 1. The summed E-state index contributed by atoms with van der Waals surface area (Å²) in [5.74, 6) is 4.44. The number of nitrogens with one attached hydrogen (secondary N) is 1. The van der Waals surface area contributed by atoms with Gasteiger partial charge in [-0.05, 0) is 121 Å². The molecule has 4 aliphatic rings. The van der Waals surface area contributed by atoms with Crippen LogP contribution in [-0.2, 0) is 6.61 Å². The normalized spacial score (nSPS) is 30.4. The van der Waals surface area contributed by atoms with Gasteiger partial charge in [0.05, 0.1) is 0 Å². The molecule has 0 saturated heterocycles. The molecule has 4 fully saturated rings. The van der Waals surface area contributed by atoms with Crippen molar-refractivity contribution < 1.29 is 13.9 Å². The van der Waals surface area contributed by atoms with Crippen LogP contribution in [0.4, 0.5) is 0 Å². The van der Waals surface area contributed by atoms with Crippen molar-refractivity contribution in [3.8, 4) is 5.75 Å². The molecule has 4 nitrogen and oxygen atoms in total. The first kappa shape index (κ1) is 18.5. The van der Waals surface area contributed by atoms with Crippen molar-refractivity contribution in [1.29, 1.82) is 0 Å². The lowest BCUT2D eigenvalue weighted by atomic mass is 9.49. The van der Waals surface area contributed by atoms with Crippen LogP contribution in [0.1, 0.15) is 54.8 Å². The highest BCUT2D eigenvalue weighted by atomic mass is 127. The van der Waals surface area contributed by atoms with E-state index in [4.69, 9.17) is 9.15 Å². The van der Waals surface area contributed by atoms with Crippen LogP contribution >= 0.6 is 22.6 Å². The highest BCUT2D eigenvalue weighted by molar-refractivity contribution is 14.1. The third-order valence-corrected chi connectivity index (χ3v) is 7.59. The fourth-order valence-electron chi connectivity index (χ4n) is 6.12. The lowest BCUT2D eigenvalue weighted by Gasteiger charge is -2.56. The van der Waals surface area contributed by atoms with Crippen molar-refractivity contribution in [2.24, 2.45) is 23.2 Å². The summed E-state index contributed by atoms with van der Waals surface area (Å²) >= 11 is 2.26. The number of hydrogen-bond acceptors (Lipinski definition) is 3. The second-order valence-electron chi connectivity index (χ2n) is 9.11. The van der Waals surface area contributed by atoms with Gasteiger partial charge in [-0.2, -0.15) is 0 Å². The van der Waals surface area contributed by atoms with Gasteiger partial charge in [0.1, 0.15) is 18.1 Å². The van der Waals surface area contributed by atoms with Gasteiger partial charge in [0.15, 0.2) is 5.76 Å². The van der Waals surface area contributed by atoms with E-state index in [1.807, 2.05) is 30.3 Å². The Bertz CT molecular complexity index is 822. The number of halogens is 1. The Balaban J connectivity index is 1.16. The smallest absolute Gasteiger partial charge is 0.287 e.